The van der Waals surface area contributed by atoms with Crippen molar-refractivity contribution in [1.29, 1.82) is 0 Å². The van der Waals surface area contributed by atoms with E-state index in [0.29, 0.717) is 22.7 Å². The number of hydrogen-bond acceptors (Lipinski definition) is 2. The normalized spacial score (nSPS) is 65.3. The van der Waals surface area contributed by atoms with Gasteiger partial charge in [0.05, 0.1) is 0 Å². The van der Waals surface area contributed by atoms with Gasteiger partial charge in [-0.25, -0.2) is 0 Å². The average Bonchev–Trinajstić information content (AvgIpc) is 3.72. The van der Waals surface area contributed by atoms with Crippen molar-refractivity contribution in [2.45, 2.75) is 72.3 Å². The molecule has 0 bridgehead atoms. The zero-order valence-corrected chi connectivity index (χ0v) is 25.5. The third-order valence-electron chi connectivity index (χ3n) is 20.9. The Morgan fingerprint density at radius 1 is 0.744 bits per heavy atom. The van der Waals surface area contributed by atoms with Gasteiger partial charge >= 0.3 is 223 Å². The topological polar surface area (TPSA) is 26.3 Å². The molecule has 5 heteroatoms. The second-order valence-electron chi connectivity index (χ2n) is 16.6. The van der Waals surface area contributed by atoms with Gasteiger partial charge in [-0.1, -0.05) is 0 Å². The molecule has 7 atom stereocenters. The van der Waals surface area contributed by atoms with E-state index < -0.39 is 14.4 Å². The van der Waals surface area contributed by atoms with E-state index in [1.54, 1.807) is 10.6 Å². The maximum absolute atomic E-state index is 6.63. The fraction of sp³-hybridized carbons (Fsp3) is 0.412. The molecule has 12 heterocycles. The molecule has 10 saturated heterocycles. The summed E-state index contributed by atoms with van der Waals surface area (Å²) < 4.78 is 14.8. The van der Waals surface area contributed by atoms with Crippen LogP contribution in [-0.4, -0.2) is 9.71 Å². The molecule has 198 valence electrons. The van der Waals surface area contributed by atoms with Gasteiger partial charge in [-0.3, -0.25) is 0 Å². The molecule has 0 radical (unpaired) electrons. The zero-order chi connectivity index (χ0) is 25.7. The van der Waals surface area contributed by atoms with Gasteiger partial charge in [0.2, 0.25) is 0 Å². The molecule has 2 aromatic carbocycles. The molecule has 0 saturated carbocycles. The Morgan fingerprint density at radius 2 is 1.26 bits per heavy atom. The van der Waals surface area contributed by atoms with E-state index in [1.807, 2.05) is 12.5 Å². The van der Waals surface area contributed by atoms with Crippen molar-refractivity contribution in [3.63, 3.8) is 0 Å². The molecule has 10 aliphatic heterocycles. The Balaban J connectivity index is 1.14. The van der Waals surface area contributed by atoms with E-state index in [2.05, 4.69) is 103 Å². The first-order valence-electron chi connectivity index (χ1n) is 14.7. The molecule has 0 aliphatic carbocycles. The minimum absolute atomic E-state index is 0.299. The van der Waals surface area contributed by atoms with Crippen LogP contribution in [0.2, 0.25) is 33.2 Å². The van der Waals surface area contributed by atoms with Crippen molar-refractivity contribution in [3.05, 3.63) is 108 Å². The quantitative estimate of drug-likeness (QED) is 0.168. The molecule has 4 aromatic rings. The monoisotopic (exact) mass is 590 g/mol. The SMILES string of the molecule is Cc1ccccc1P(c1ccccc1C)C(C)[C@@]12[CH]3[C]4(c5ccco5)[C]5(c6ccco6)[C]1(P)[Fe]34521678[CH]2[CH]1[CH]6[CH]7[CH]28. The molecule has 0 N–H and O–H groups in total. The molecule has 2 nitrogen and oxygen atoms in total. The van der Waals surface area contributed by atoms with E-state index in [-0.39, 0.29) is 0 Å². The van der Waals surface area contributed by atoms with Gasteiger partial charge in [0.15, 0.2) is 0 Å². The van der Waals surface area contributed by atoms with E-state index in [1.165, 1.54) is 22.6 Å². The third kappa shape index (κ3) is 0.422. The molecule has 1 spiro atoms. The number of aryl methyl sites for hydroxylation is 2. The molecule has 14 rings (SSSR count). The van der Waals surface area contributed by atoms with Crippen LogP contribution in [0.15, 0.2) is 94.2 Å². The van der Waals surface area contributed by atoms with E-state index in [0.717, 1.165) is 28.9 Å². The van der Waals surface area contributed by atoms with Crippen LogP contribution in [-0.2, 0) is 15.1 Å². The van der Waals surface area contributed by atoms with Crippen LogP contribution in [0.25, 0.3) is 0 Å². The predicted molar refractivity (Wildman–Crippen MR) is 156 cm³/mol. The first-order chi connectivity index (χ1) is 18.8. The van der Waals surface area contributed by atoms with Crippen LogP contribution in [0.3, 0.4) is 0 Å². The summed E-state index contributed by atoms with van der Waals surface area (Å²) in [6.07, 6.45) is 3.96. The van der Waals surface area contributed by atoms with E-state index >= 15 is 0 Å². The molecule has 10 aliphatic rings. The Labute approximate surface area is 222 Å². The average molecular weight is 590 g/mol. The molecular formula is C34H32FeO2P2. The van der Waals surface area contributed by atoms with Crippen molar-refractivity contribution >= 4 is 27.8 Å². The Morgan fingerprint density at radius 3 is 1.72 bits per heavy atom. The van der Waals surface area contributed by atoms with Crippen molar-refractivity contribution in [2.75, 3.05) is 0 Å². The summed E-state index contributed by atoms with van der Waals surface area (Å²) in [6, 6.07) is 27.9. The number of rotatable bonds is 6. The Bertz CT molecular complexity index is 2260. The molecular weight excluding hydrogens is 558 g/mol. The van der Waals surface area contributed by atoms with Crippen LogP contribution in [0.4, 0.5) is 0 Å². The van der Waals surface area contributed by atoms with Crippen molar-refractivity contribution in [1.82, 2.24) is 0 Å². The molecule has 6 unspecified atom stereocenters. The first-order valence-corrected chi connectivity index (χ1v) is 22.8. The second kappa shape index (κ2) is 2.90. The fourth-order valence-corrected chi connectivity index (χ4v) is 119. The summed E-state index contributed by atoms with van der Waals surface area (Å²) in [5.74, 6) is 2.78. The van der Waals surface area contributed by atoms with Gasteiger partial charge in [0.25, 0.3) is 0 Å². The van der Waals surface area contributed by atoms with Crippen LogP contribution in [0.5, 0.6) is 0 Å². The van der Waals surface area contributed by atoms with Crippen molar-refractivity contribution < 1.29 is 15.3 Å². The molecule has 39 heavy (non-hydrogen) atoms. The number of fused-ring (bicyclic) bond motifs is 10. The number of benzene rings is 2. The van der Waals surface area contributed by atoms with Gasteiger partial charge in [0, 0.05) is 0 Å². The fourth-order valence-electron chi connectivity index (χ4n) is 23.6. The molecule has 0 amide bonds. The standard InChI is InChI=1S/C29H27O2P2.C5H5.Fe/c1-19-10-4-6-14-26(19)33(27-15-7-5-11-20(27)2)21(3)22-18-23(24-12-8-16-30-24)28(29(22)32)25-13-9-17-31-25;1-2-4-5-3-1;/h4-18,21H,32H2,1-3H3;1-5H;. The summed E-state index contributed by atoms with van der Waals surface area (Å²) in [5.41, 5.74) is 3.64. The van der Waals surface area contributed by atoms with Crippen molar-refractivity contribution in [2.24, 2.45) is 0 Å². The zero-order valence-electron chi connectivity index (χ0n) is 22.3. The van der Waals surface area contributed by atoms with E-state index in [4.69, 9.17) is 8.83 Å². The number of furan rings is 2. The molecule has 2 aromatic heterocycles. The van der Waals surface area contributed by atoms with Crippen molar-refractivity contribution in [3.8, 4) is 0 Å². The summed E-state index contributed by atoms with van der Waals surface area (Å²) in [5, 5.41) is 3.25. The van der Waals surface area contributed by atoms with Crippen LogP contribution >= 0.6 is 17.2 Å². The van der Waals surface area contributed by atoms with Gasteiger partial charge in [-0.2, -0.15) is 0 Å². The van der Waals surface area contributed by atoms with Crippen LogP contribution in [0, 0.1) is 13.8 Å². The summed E-state index contributed by atoms with van der Waals surface area (Å²) in [6.45, 7) is 3.05. The Kier molecular flexibility index (Phi) is 1.45. The van der Waals surface area contributed by atoms with Gasteiger partial charge in [-0.05, 0) is 0 Å². The predicted octanol–water partition coefficient (Wildman–Crippen LogP) is 8.07. The maximum atomic E-state index is 6.63. The van der Waals surface area contributed by atoms with Gasteiger partial charge in [-0.15, -0.1) is 0 Å². The Hall–Kier alpha value is -1.62. The summed E-state index contributed by atoms with van der Waals surface area (Å²) in [7, 11) is 3.31. The molecule has 10 fully saturated rings. The van der Waals surface area contributed by atoms with Gasteiger partial charge < -0.3 is 0 Å². The van der Waals surface area contributed by atoms with Crippen LogP contribution in [0.1, 0.15) is 29.6 Å². The summed E-state index contributed by atoms with van der Waals surface area (Å²) >= 11 is 0. The van der Waals surface area contributed by atoms with Gasteiger partial charge in [0.1, 0.15) is 0 Å². The minimum atomic E-state index is -4.42. The first kappa shape index (κ1) is 19.5. The van der Waals surface area contributed by atoms with E-state index in [9.17, 15) is 0 Å². The van der Waals surface area contributed by atoms with Crippen LogP contribution < -0.4 is 10.6 Å². The number of hydrogen-bond donors (Lipinski definition) is 0. The summed E-state index contributed by atoms with van der Waals surface area (Å²) in [4.78, 5) is 6.29. The third-order valence-corrected chi connectivity index (χ3v) is 74.0. The second-order valence-corrected chi connectivity index (χ2v) is 43.1.